The van der Waals surface area contributed by atoms with E-state index in [4.69, 9.17) is 0 Å². The quantitative estimate of drug-likeness (QED) is 0.752. The standard InChI is InChI=1S/C15H11N3O3S/c1-21-15(20)10-3-2-4-11(7-10)16-14(19)9-5-6-12-13(8-9)22-18-17-12/h2-8H,1H3,(H,16,19). The van der Waals surface area contributed by atoms with E-state index < -0.39 is 5.97 Å². The first-order valence-electron chi connectivity index (χ1n) is 6.39. The molecule has 1 aromatic heterocycles. The number of carbonyl (C=O) groups excluding carboxylic acids is 2. The van der Waals surface area contributed by atoms with Crippen LogP contribution in [0.15, 0.2) is 42.5 Å². The van der Waals surface area contributed by atoms with Crippen molar-refractivity contribution in [1.29, 1.82) is 0 Å². The van der Waals surface area contributed by atoms with Crippen LogP contribution in [0.25, 0.3) is 10.2 Å². The third-order valence-corrected chi connectivity index (χ3v) is 3.74. The summed E-state index contributed by atoms with van der Waals surface area (Å²) in [6.07, 6.45) is 0. The van der Waals surface area contributed by atoms with Crippen LogP contribution in [-0.4, -0.2) is 28.6 Å². The van der Waals surface area contributed by atoms with Gasteiger partial charge in [-0.05, 0) is 47.9 Å². The number of fused-ring (bicyclic) bond motifs is 1. The molecule has 3 rings (SSSR count). The van der Waals surface area contributed by atoms with E-state index in [0.29, 0.717) is 16.8 Å². The van der Waals surface area contributed by atoms with E-state index in [1.54, 1.807) is 42.5 Å². The van der Waals surface area contributed by atoms with Crippen molar-refractivity contribution in [1.82, 2.24) is 9.59 Å². The average molecular weight is 313 g/mol. The summed E-state index contributed by atoms with van der Waals surface area (Å²) in [7, 11) is 1.31. The zero-order valence-corrected chi connectivity index (χ0v) is 12.4. The molecule has 0 radical (unpaired) electrons. The van der Waals surface area contributed by atoms with E-state index in [9.17, 15) is 9.59 Å². The van der Waals surface area contributed by atoms with Gasteiger partial charge in [0.25, 0.3) is 5.91 Å². The zero-order chi connectivity index (χ0) is 15.5. The van der Waals surface area contributed by atoms with Crippen LogP contribution in [0.4, 0.5) is 5.69 Å². The van der Waals surface area contributed by atoms with Gasteiger partial charge in [0.05, 0.1) is 17.4 Å². The number of aromatic nitrogens is 2. The molecule has 0 aliphatic rings. The van der Waals surface area contributed by atoms with Crippen LogP contribution >= 0.6 is 11.5 Å². The minimum Gasteiger partial charge on any atom is -0.465 e. The van der Waals surface area contributed by atoms with Gasteiger partial charge in [-0.1, -0.05) is 10.6 Å². The molecule has 0 saturated heterocycles. The summed E-state index contributed by atoms with van der Waals surface area (Å²) < 4.78 is 9.33. The van der Waals surface area contributed by atoms with E-state index >= 15 is 0 Å². The molecular weight excluding hydrogens is 302 g/mol. The summed E-state index contributed by atoms with van der Waals surface area (Å²) in [5.41, 5.74) is 2.16. The lowest BCUT2D eigenvalue weighted by molar-refractivity contribution is 0.0600. The summed E-state index contributed by atoms with van der Waals surface area (Å²) in [5, 5.41) is 6.68. The molecule has 22 heavy (non-hydrogen) atoms. The molecule has 3 aromatic rings. The Labute approximate surface area is 129 Å². The van der Waals surface area contributed by atoms with Crippen molar-refractivity contribution in [3.63, 3.8) is 0 Å². The zero-order valence-electron chi connectivity index (χ0n) is 11.6. The van der Waals surface area contributed by atoms with E-state index in [2.05, 4.69) is 19.6 Å². The molecule has 0 unspecified atom stereocenters. The number of amides is 1. The van der Waals surface area contributed by atoms with Crippen molar-refractivity contribution >= 4 is 39.3 Å². The van der Waals surface area contributed by atoms with Gasteiger partial charge in [-0.25, -0.2) is 4.79 Å². The van der Waals surface area contributed by atoms with Crippen LogP contribution in [0.3, 0.4) is 0 Å². The van der Waals surface area contributed by atoms with Crippen LogP contribution in [0, 0.1) is 0 Å². The van der Waals surface area contributed by atoms with Gasteiger partial charge in [-0.3, -0.25) is 4.79 Å². The lowest BCUT2D eigenvalue weighted by Gasteiger charge is -2.06. The lowest BCUT2D eigenvalue weighted by atomic mass is 10.1. The second-order valence-corrected chi connectivity index (χ2v) is 5.27. The van der Waals surface area contributed by atoms with Gasteiger partial charge >= 0.3 is 5.97 Å². The van der Waals surface area contributed by atoms with Crippen LogP contribution < -0.4 is 5.32 Å². The van der Waals surface area contributed by atoms with E-state index in [1.165, 1.54) is 18.6 Å². The maximum Gasteiger partial charge on any atom is 0.337 e. The maximum atomic E-state index is 12.3. The molecule has 1 heterocycles. The number of carbonyl (C=O) groups is 2. The van der Waals surface area contributed by atoms with Crippen molar-refractivity contribution in [2.24, 2.45) is 0 Å². The molecule has 2 aromatic carbocycles. The molecule has 0 spiro atoms. The van der Waals surface area contributed by atoms with Gasteiger partial charge in [0.15, 0.2) is 0 Å². The Bertz CT molecular complexity index is 860. The highest BCUT2D eigenvalue weighted by molar-refractivity contribution is 7.12. The highest BCUT2D eigenvalue weighted by Crippen LogP contribution is 2.18. The first kappa shape index (κ1) is 14.2. The third kappa shape index (κ3) is 2.79. The van der Waals surface area contributed by atoms with Gasteiger partial charge in [-0.2, -0.15) is 0 Å². The number of benzene rings is 2. The topological polar surface area (TPSA) is 81.2 Å². The second-order valence-electron chi connectivity index (χ2n) is 4.48. The molecule has 6 nitrogen and oxygen atoms in total. The van der Waals surface area contributed by atoms with Crippen LogP contribution in [0.1, 0.15) is 20.7 Å². The van der Waals surface area contributed by atoms with E-state index in [1.807, 2.05) is 0 Å². The Balaban J connectivity index is 1.83. The van der Waals surface area contributed by atoms with Crippen LogP contribution in [-0.2, 0) is 4.74 Å². The summed E-state index contributed by atoms with van der Waals surface area (Å²) in [6.45, 7) is 0. The van der Waals surface area contributed by atoms with Gasteiger partial charge < -0.3 is 10.1 Å². The number of ether oxygens (including phenoxy) is 1. The first-order valence-corrected chi connectivity index (χ1v) is 7.16. The minimum absolute atomic E-state index is 0.266. The van der Waals surface area contributed by atoms with E-state index in [0.717, 1.165) is 10.2 Å². The van der Waals surface area contributed by atoms with Gasteiger partial charge in [0.2, 0.25) is 0 Å². The Morgan fingerprint density at radius 2 is 2.00 bits per heavy atom. The number of hydrogen-bond acceptors (Lipinski definition) is 6. The SMILES string of the molecule is COC(=O)c1cccc(NC(=O)c2ccc3nnsc3c2)c1. The first-order chi connectivity index (χ1) is 10.7. The predicted molar refractivity (Wildman–Crippen MR) is 83.1 cm³/mol. The minimum atomic E-state index is -0.451. The fourth-order valence-electron chi connectivity index (χ4n) is 1.96. The van der Waals surface area contributed by atoms with Gasteiger partial charge in [-0.15, -0.1) is 5.10 Å². The molecule has 0 fully saturated rings. The summed E-state index contributed by atoms with van der Waals surface area (Å²) in [5.74, 6) is -0.717. The molecule has 110 valence electrons. The monoisotopic (exact) mass is 313 g/mol. The Morgan fingerprint density at radius 3 is 2.82 bits per heavy atom. The summed E-state index contributed by atoms with van der Waals surface area (Å²) >= 11 is 1.23. The fourth-order valence-corrected chi connectivity index (χ4v) is 2.56. The Hall–Kier alpha value is -2.80. The van der Waals surface area contributed by atoms with Crippen molar-refractivity contribution in [2.75, 3.05) is 12.4 Å². The Kier molecular flexibility index (Phi) is 3.80. The number of hydrogen-bond donors (Lipinski definition) is 1. The number of methoxy groups -OCH3 is 1. The fraction of sp³-hybridized carbons (Fsp3) is 0.0667. The molecule has 0 aliphatic carbocycles. The molecule has 0 aliphatic heterocycles. The predicted octanol–water partition coefficient (Wildman–Crippen LogP) is 2.73. The molecule has 0 saturated carbocycles. The van der Waals surface area contributed by atoms with Crippen molar-refractivity contribution in [3.8, 4) is 0 Å². The second kappa shape index (κ2) is 5.90. The summed E-state index contributed by atoms with van der Waals surface area (Å²) in [6, 6.07) is 11.7. The van der Waals surface area contributed by atoms with Gasteiger partial charge in [0, 0.05) is 11.3 Å². The highest BCUT2D eigenvalue weighted by atomic mass is 32.1. The number of rotatable bonds is 3. The molecule has 0 atom stereocenters. The van der Waals surface area contributed by atoms with Crippen LogP contribution in [0.2, 0.25) is 0 Å². The largest absolute Gasteiger partial charge is 0.465 e. The number of esters is 1. The van der Waals surface area contributed by atoms with Crippen LogP contribution in [0.5, 0.6) is 0 Å². The number of nitrogens with zero attached hydrogens (tertiary/aromatic N) is 2. The average Bonchev–Trinajstić information content (AvgIpc) is 3.01. The number of nitrogens with one attached hydrogen (secondary N) is 1. The van der Waals surface area contributed by atoms with Crippen molar-refractivity contribution in [2.45, 2.75) is 0 Å². The van der Waals surface area contributed by atoms with Crippen molar-refractivity contribution < 1.29 is 14.3 Å². The van der Waals surface area contributed by atoms with Gasteiger partial charge in [0.1, 0.15) is 5.52 Å². The Morgan fingerprint density at radius 1 is 1.14 bits per heavy atom. The molecule has 1 N–H and O–H groups in total. The summed E-state index contributed by atoms with van der Waals surface area (Å²) in [4.78, 5) is 23.8. The molecule has 7 heteroatoms. The maximum absolute atomic E-state index is 12.3. The smallest absolute Gasteiger partial charge is 0.337 e. The number of anilines is 1. The lowest BCUT2D eigenvalue weighted by Crippen LogP contribution is -2.12. The van der Waals surface area contributed by atoms with Crippen molar-refractivity contribution in [3.05, 3.63) is 53.6 Å². The molecule has 1 amide bonds. The third-order valence-electron chi connectivity index (χ3n) is 3.05. The van der Waals surface area contributed by atoms with E-state index in [-0.39, 0.29) is 5.91 Å². The normalized spacial score (nSPS) is 10.4. The molecule has 0 bridgehead atoms. The highest BCUT2D eigenvalue weighted by Gasteiger charge is 2.10. The molecular formula is C15H11N3O3S.